The van der Waals surface area contributed by atoms with Crippen molar-refractivity contribution in [3.63, 3.8) is 0 Å². The third-order valence-electron chi connectivity index (χ3n) is 3.68. The van der Waals surface area contributed by atoms with Gasteiger partial charge >= 0.3 is 6.03 Å². The van der Waals surface area contributed by atoms with Gasteiger partial charge in [-0.25, -0.2) is 17.5 Å². The second-order valence-electron chi connectivity index (χ2n) is 5.26. The summed E-state index contributed by atoms with van der Waals surface area (Å²) in [5.41, 5.74) is 0.650. The van der Waals surface area contributed by atoms with E-state index in [1.54, 1.807) is 18.2 Å². The maximum Gasteiger partial charge on any atom is 0.331 e. The van der Waals surface area contributed by atoms with Crippen molar-refractivity contribution in [2.75, 3.05) is 21.3 Å². The van der Waals surface area contributed by atoms with Crippen molar-refractivity contribution < 1.29 is 22.7 Å². The van der Waals surface area contributed by atoms with Crippen LogP contribution in [0.1, 0.15) is 5.56 Å². The normalized spacial score (nSPS) is 10.9. The first kappa shape index (κ1) is 19.9. The predicted octanol–water partition coefficient (Wildman–Crippen LogP) is 2.89. The highest BCUT2D eigenvalue weighted by Gasteiger charge is 2.25. The molecule has 0 spiro atoms. The number of methoxy groups -OCH3 is 2. The zero-order valence-electron chi connectivity index (χ0n) is 14.5. The Morgan fingerprint density at radius 2 is 1.77 bits per heavy atom. The fourth-order valence-electron chi connectivity index (χ4n) is 2.18. The molecule has 140 valence electrons. The molecule has 0 aliphatic carbocycles. The number of halogens is 1. The molecule has 26 heavy (non-hydrogen) atoms. The number of hydrogen-bond acceptors (Lipinski definition) is 5. The largest absolute Gasteiger partial charge is 0.497 e. The molecule has 0 saturated carbocycles. The van der Waals surface area contributed by atoms with E-state index in [0.29, 0.717) is 26.4 Å². The van der Waals surface area contributed by atoms with Crippen LogP contribution in [0.3, 0.4) is 0 Å². The number of carbonyl (C=O) groups excluding carboxylic acids is 1. The van der Waals surface area contributed by atoms with Gasteiger partial charge in [-0.05, 0) is 42.5 Å². The molecule has 0 aliphatic heterocycles. The van der Waals surface area contributed by atoms with Crippen LogP contribution in [0.15, 0.2) is 47.4 Å². The summed E-state index contributed by atoms with van der Waals surface area (Å²) in [6.45, 7) is 0.0691. The van der Waals surface area contributed by atoms with Crippen LogP contribution < -0.4 is 14.8 Å². The van der Waals surface area contributed by atoms with Gasteiger partial charge < -0.3 is 14.8 Å². The monoisotopic (exact) mass is 398 g/mol. The van der Waals surface area contributed by atoms with E-state index >= 15 is 0 Å². The predicted molar refractivity (Wildman–Crippen MR) is 98.2 cm³/mol. The van der Waals surface area contributed by atoms with Crippen molar-refractivity contribution in [3.05, 3.63) is 53.1 Å². The molecule has 0 radical (unpaired) electrons. The molecule has 2 aromatic carbocycles. The Bertz CT molecular complexity index is 885. The highest BCUT2D eigenvalue weighted by molar-refractivity contribution is 7.89. The van der Waals surface area contributed by atoms with E-state index in [1.807, 2.05) is 0 Å². The van der Waals surface area contributed by atoms with E-state index in [1.165, 1.54) is 45.5 Å². The van der Waals surface area contributed by atoms with E-state index in [0.717, 1.165) is 0 Å². The molecule has 2 amide bonds. The van der Waals surface area contributed by atoms with Crippen LogP contribution in [-0.2, 0) is 16.6 Å². The van der Waals surface area contributed by atoms with Gasteiger partial charge in [0.05, 0.1) is 19.1 Å². The Morgan fingerprint density at radius 3 is 2.35 bits per heavy atom. The number of rotatable bonds is 6. The number of hydrogen-bond donors (Lipinski definition) is 1. The molecular formula is C17H19ClN2O5S. The molecule has 7 nitrogen and oxygen atoms in total. The topological polar surface area (TPSA) is 84.9 Å². The highest BCUT2D eigenvalue weighted by atomic mass is 35.5. The van der Waals surface area contributed by atoms with E-state index in [2.05, 4.69) is 5.32 Å². The zero-order valence-corrected chi connectivity index (χ0v) is 16.1. The lowest BCUT2D eigenvalue weighted by Crippen LogP contribution is -2.40. The van der Waals surface area contributed by atoms with Gasteiger partial charge in [0.1, 0.15) is 11.5 Å². The minimum atomic E-state index is -3.98. The summed E-state index contributed by atoms with van der Waals surface area (Å²) >= 11 is 5.76. The summed E-state index contributed by atoms with van der Waals surface area (Å²) in [5, 5.41) is 2.96. The van der Waals surface area contributed by atoms with Gasteiger partial charge in [0.25, 0.3) is 10.0 Å². The van der Waals surface area contributed by atoms with Crippen molar-refractivity contribution in [1.29, 1.82) is 0 Å². The Morgan fingerprint density at radius 1 is 1.12 bits per heavy atom. The second kappa shape index (κ2) is 8.29. The van der Waals surface area contributed by atoms with Crippen molar-refractivity contribution in [2.45, 2.75) is 11.4 Å². The first-order valence-electron chi connectivity index (χ1n) is 7.53. The van der Waals surface area contributed by atoms with Crippen LogP contribution >= 0.6 is 11.6 Å². The van der Waals surface area contributed by atoms with Crippen LogP contribution in [0.5, 0.6) is 11.5 Å². The van der Waals surface area contributed by atoms with Crippen LogP contribution in [0.2, 0.25) is 5.02 Å². The van der Waals surface area contributed by atoms with Crippen molar-refractivity contribution >= 4 is 27.7 Å². The third kappa shape index (κ3) is 4.39. The molecule has 2 aromatic rings. The third-order valence-corrected chi connectivity index (χ3v) is 5.68. The number of nitrogens with zero attached hydrogens (tertiary/aromatic N) is 1. The maximum atomic E-state index is 12.5. The Balaban J connectivity index is 2.13. The molecule has 0 atom stereocenters. The zero-order chi connectivity index (χ0) is 19.3. The van der Waals surface area contributed by atoms with Crippen molar-refractivity contribution in [1.82, 2.24) is 9.62 Å². The molecule has 0 bridgehead atoms. The molecule has 0 saturated heterocycles. The fourth-order valence-corrected chi connectivity index (χ4v) is 3.38. The molecule has 0 fully saturated rings. The molecule has 9 heteroatoms. The number of carbonyl (C=O) groups is 1. The summed E-state index contributed by atoms with van der Waals surface area (Å²) in [7, 11) is 0.230. The lowest BCUT2D eigenvalue weighted by molar-refractivity contribution is 0.227. The first-order chi connectivity index (χ1) is 12.3. The molecular weight excluding hydrogens is 380 g/mol. The van der Waals surface area contributed by atoms with Crippen LogP contribution in [-0.4, -0.2) is 40.0 Å². The number of nitrogens with one attached hydrogen (secondary N) is 1. The van der Waals surface area contributed by atoms with Gasteiger partial charge in [-0.15, -0.1) is 0 Å². The molecule has 0 aromatic heterocycles. The number of sulfonamides is 1. The van der Waals surface area contributed by atoms with Crippen LogP contribution in [0, 0.1) is 0 Å². The van der Waals surface area contributed by atoms with Gasteiger partial charge in [0, 0.05) is 24.2 Å². The Labute approximate surface area is 157 Å². The van der Waals surface area contributed by atoms with Gasteiger partial charge in [-0.2, -0.15) is 0 Å². The van der Waals surface area contributed by atoms with Gasteiger partial charge in [-0.3, -0.25) is 0 Å². The number of amides is 2. The second-order valence-corrected chi connectivity index (χ2v) is 7.67. The Kier molecular flexibility index (Phi) is 6.33. The van der Waals surface area contributed by atoms with Crippen LogP contribution in [0.4, 0.5) is 4.79 Å². The molecule has 0 aliphatic rings. The number of ether oxygens (including phenoxy) is 2. The standard InChI is InChI=1S/C17H19ClN2O5S/c1-20(26(22,23)15-7-4-13(18)5-8-15)17(21)19-11-12-10-14(24-2)6-9-16(12)25-3/h4-10H,11H2,1-3H3,(H,19,21). The quantitative estimate of drug-likeness (QED) is 0.808. The Hall–Kier alpha value is -2.45. The van der Waals surface area contributed by atoms with E-state index in [4.69, 9.17) is 21.1 Å². The van der Waals surface area contributed by atoms with E-state index < -0.39 is 16.1 Å². The summed E-state index contributed by atoms with van der Waals surface area (Å²) in [6.07, 6.45) is 0. The minimum absolute atomic E-state index is 0.0292. The lowest BCUT2D eigenvalue weighted by atomic mass is 10.2. The minimum Gasteiger partial charge on any atom is -0.497 e. The van der Waals surface area contributed by atoms with Crippen molar-refractivity contribution in [2.24, 2.45) is 0 Å². The average Bonchev–Trinajstić information content (AvgIpc) is 2.65. The summed E-state index contributed by atoms with van der Waals surface area (Å²) in [6, 6.07) is 9.93. The van der Waals surface area contributed by atoms with Gasteiger partial charge in [0.2, 0.25) is 0 Å². The van der Waals surface area contributed by atoms with E-state index in [-0.39, 0.29) is 11.4 Å². The summed E-state index contributed by atoms with van der Waals surface area (Å²) < 4.78 is 36.0. The number of benzene rings is 2. The smallest absolute Gasteiger partial charge is 0.331 e. The molecule has 2 rings (SSSR count). The van der Waals surface area contributed by atoms with Crippen LogP contribution in [0.25, 0.3) is 0 Å². The summed E-state index contributed by atoms with van der Waals surface area (Å²) in [5.74, 6) is 1.14. The molecule has 0 unspecified atom stereocenters. The fraction of sp³-hybridized carbons (Fsp3) is 0.235. The first-order valence-corrected chi connectivity index (χ1v) is 9.34. The molecule has 0 heterocycles. The maximum absolute atomic E-state index is 12.5. The highest BCUT2D eigenvalue weighted by Crippen LogP contribution is 2.24. The van der Waals surface area contributed by atoms with Gasteiger partial charge in [-0.1, -0.05) is 11.6 Å². The lowest BCUT2D eigenvalue weighted by Gasteiger charge is -2.19. The number of urea groups is 1. The van der Waals surface area contributed by atoms with Crippen molar-refractivity contribution in [3.8, 4) is 11.5 Å². The average molecular weight is 399 g/mol. The summed E-state index contributed by atoms with van der Waals surface area (Å²) in [4.78, 5) is 12.3. The van der Waals surface area contributed by atoms with Gasteiger partial charge in [0.15, 0.2) is 0 Å². The SMILES string of the molecule is COc1ccc(OC)c(CNC(=O)N(C)S(=O)(=O)c2ccc(Cl)cc2)c1. The van der Waals surface area contributed by atoms with E-state index in [9.17, 15) is 13.2 Å². The molecule has 1 N–H and O–H groups in total.